The fourth-order valence-electron chi connectivity index (χ4n) is 2.36. The van der Waals surface area contributed by atoms with Crippen LogP contribution in [0.25, 0.3) is 0 Å². The molecule has 0 bridgehead atoms. The highest BCUT2D eigenvalue weighted by molar-refractivity contribution is 5.76. The van der Waals surface area contributed by atoms with Crippen LogP contribution in [-0.4, -0.2) is 17.6 Å². The highest BCUT2D eigenvalue weighted by Crippen LogP contribution is 2.20. The van der Waals surface area contributed by atoms with E-state index in [-0.39, 0.29) is 12.5 Å². The third kappa shape index (κ3) is 4.96. The van der Waals surface area contributed by atoms with Gasteiger partial charge < -0.3 is 14.8 Å². The monoisotopic (exact) mass is 315 g/mol. The van der Waals surface area contributed by atoms with Crippen LogP contribution in [0.5, 0.6) is 0 Å². The van der Waals surface area contributed by atoms with Crippen molar-refractivity contribution < 1.29 is 14.3 Å². The summed E-state index contributed by atoms with van der Waals surface area (Å²) in [5.41, 5.74) is 1.24. The van der Waals surface area contributed by atoms with Crippen LogP contribution in [-0.2, 0) is 16.8 Å². The van der Waals surface area contributed by atoms with E-state index in [0.29, 0.717) is 24.5 Å². The van der Waals surface area contributed by atoms with Gasteiger partial charge in [-0.15, -0.1) is 0 Å². The van der Waals surface area contributed by atoms with Crippen molar-refractivity contribution in [3.05, 3.63) is 59.5 Å². The van der Waals surface area contributed by atoms with Crippen LogP contribution in [0.3, 0.4) is 0 Å². The molecule has 23 heavy (non-hydrogen) atoms. The largest absolute Gasteiger partial charge is 0.466 e. The predicted molar refractivity (Wildman–Crippen MR) is 90.1 cm³/mol. The summed E-state index contributed by atoms with van der Waals surface area (Å²) in [6.45, 7) is 6.07. The average molecular weight is 315 g/mol. The fourth-order valence-corrected chi connectivity index (χ4v) is 2.36. The zero-order chi connectivity index (χ0) is 16.9. The Morgan fingerprint density at radius 3 is 2.52 bits per heavy atom. The van der Waals surface area contributed by atoms with Crippen LogP contribution in [0.2, 0.25) is 0 Å². The maximum absolute atomic E-state index is 12.0. The molecule has 0 saturated heterocycles. The Labute approximate surface area is 137 Å². The van der Waals surface area contributed by atoms with Gasteiger partial charge in [0.15, 0.2) is 0 Å². The molecule has 1 amide bonds. The van der Waals surface area contributed by atoms with Gasteiger partial charge in [-0.3, -0.25) is 4.79 Å². The fraction of sp³-hybridized carbons (Fsp3) is 0.421. The van der Waals surface area contributed by atoms with Crippen molar-refractivity contribution in [1.29, 1.82) is 0 Å². The number of benzene rings is 1. The lowest BCUT2D eigenvalue weighted by Gasteiger charge is -2.21. The minimum Gasteiger partial charge on any atom is -0.466 e. The van der Waals surface area contributed by atoms with E-state index in [1.165, 1.54) is 11.8 Å². The van der Waals surface area contributed by atoms with E-state index in [0.717, 1.165) is 5.56 Å². The van der Waals surface area contributed by atoms with Crippen LogP contribution < -0.4 is 5.32 Å². The molecule has 0 spiro atoms. The van der Waals surface area contributed by atoms with Crippen LogP contribution in [0.4, 0.5) is 0 Å². The molecule has 0 fully saturated rings. The van der Waals surface area contributed by atoms with Gasteiger partial charge in [-0.25, -0.2) is 0 Å². The normalized spacial score (nSPS) is 13.8. The Morgan fingerprint density at radius 2 is 1.96 bits per heavy atom. The van der Waals surface area contributed by atoms with Crippen molar-refractivity contribution in [3.63, 3.8) is 0 Å². The molecular formula is C19H25NO3. The van der Waals surface area contributed by atoms with Crippen molar-refractivity contribution in [1.82, 2.24) is 5.32 Å². The summed E-state index contributed by atoms with van der Waals surface area (Å²) in [4.78, 5) is 12.0. The highest BCUT2D eigenvalue weighted by atomic mass is 16.4. The molecule has 2 N–H and O–H groups in total. The Bertz CT molecular complexity index is 613. The minimum absolute atomic E-state index is 0.0789. The zero-order valence-corrected chi connectivity index (χ0v) is 14.0. The predicted octanol–water partition coefficient (Wildman–Crippen LogP) is 3.36. The van der Waals surface area contributed by atoms with Gasteiger partial charge in [0.1, 0.15) is 11.4 Å². The van der Waals surface area contributed by atoms with Crippen LogP contribution in [0.1, 0.15) is 50.0 Å². The Kier molecular flexibility index (Phi) is 5.61. The number of nitrogens with one attached hydrogen (secondary N) is 1. The Balaban J connectivity index is 1.79. The van der Waals surface area contributed by atoms with E-state index < -0.39 is 5.60 Å². The molecule has 0 saturated carbocycles. The number of furan rings is 1. The van der Waals surface area contributed by atoms with E-state index >= 15 is 0 Å². The van der Waals surface area contributed by atoms with E-state index in [2.05, 4.69) is 43.4 Å². The molecule has 4 heteroatoms. The Morgan fingerprint density at radius 1 is 1.26 bits per heavy atom. The SMILES string of the molecule is CC(C)c1ccc(CCC(=O)NCC(C)(O)c2ccco2)cc1. The number of aryl methyl sites for hydroxylation is 1. The molecule has 4 nitrogen and oxygen atoms in total. The first-order valence-electron chi connectivity index (χ1n) is 8.00. The number of hydrogen-bond acceptors (Lipinski definition) is 3. The number of carbonyl (C=O) groups is 1. The molecule has 0 aliphatic heterocycles. The van der Waals surface area contributed by atoms with Gasteiger partial charge in [-0.1, -0.05) is 38.1 Å². The van der Waals surface area contributed by atoms with Gasteiger partial charge in [0.25, 0.3) is 0 Å². The molecule has 0 radical (unpaired) electrons. The molecule has 1 heterocycles. The van der Waals surface area contributed by atoms with Gasteiger partial charge in [-0.2, -0.15) is 0 Å². The first-order valence-corrected chi connectivity index (χ1v) is 8.00. The molecular weight excluding hydrogens is 290 g/mol. The van der Waals surface area contributed by atoms with Gasteiger partial charge in [0, 0.05) is 6.42 Å². The van der Waals surface area contributed by atoms with Gasteiger partial charge in [-0.05, 0) is 42.5 Å². The first kappa shape index (κ1) is 17.3. The lowest BCUT2D eigenvalue weighted by atomic mass is 10.00. The van der Waals surface area contributed by atoms with Crippen molar-refractivity contribution in [2.24, 2.45) is 0 Å². The summed E-state index contributed by atoms with van der Waals surface area (Å²) in [5, 5.41) is 13.0. The van der Waals surface area contributed by atoms with Crippen molar-refractivity contribution >= 4 is 5.91 Å². The number of amides is 1. The molecule has 1 atom stereocenters. The minimum atomic E-state index is -1.20. The average Bonchev–Trinajstić information content (AvgIpc) is 3.06. The second-order valence-electron chi connectivity index (χ2n) is 6.42. The lowest BCUT2D eigenvalue weighted by Crippen LogP contribution is -2.38. The topological polar surface area (TPSA) is 62.5 Å². The standard InChI is InChI=1S/C19H25NO3/c1-14(2)16-9-6-15(7-10-16)8-11-18(21)20-13-19(3,22)17-5-4-12-23-17/h4-7,9-10,12,14,22H,8,11,13H2,1-3H3,(H,20,21). The maximum Gasteiger partial charge on any atom is 0.220 e. The summed E-state index contributed by atoms with van der Waals surface area (Å²) < 4.78 is 5.19. The van der Waals surface area contributed by atoms with E-state index in [1.54, 1.807) is 19.1 Å². The van der Waals surface area contributed by atoms with Gasteiger partial charge in [0.2, 0.25) is 5.91 Å². The second kappa shape index (κ2) is 7.47. The molecule has 2 rings (SSSR count). The third-order valence-corrected chi connectivity index (χ3v) is 3.97. The molecule has 1 aromatic carbocycles. The lowest BCUT2D eigenvalue weighted by molar-refractivity contribution is -0.122. The second-order valence-corrected chi connectivity index (χ2v) is 6.42. The maximum atomic E-state index is 12.0. The Hall–Kier alpha value is -2.07. The number of carbonyl (C=O) groups excluding carboxylic acids is 1. The summed E-state index contributed by atoms with van der Waals surface area (Å²) in [6, 6.07) is 11.8. The quantitative estimate of drug-likeness (QED) is 0.823. The van der Waals surface area contributed by atoms with Crippen molar-refractivity contribution in [2.45, 2.75) is 45.1 Å². The van der Waals surface area contributed by atoms with Gasteiger partial charge >= 0.3 is 0 Å². The zero-order valence-electron chi connectivity index (χ0n) is 14.0. The molecule has 0 aliphatic rings. The van der Waals surface area contributed by atoms with Crippen molar-refractivity contribution in [3.8, 4) is 0 Å². The summed E-state index contributed by atoms with van der Waals surface area (Å²) >= 11 is 0. The van der Waals surface area contributed by atoms with Crippen molar-refractivity contribution in [2.75, 3.05) is 6.54 Å². The molecule has 0 aliphatic carbocycles. The van der Waals surface area contributed by atoms with Crippen LogP contribution in [0, 0.1) is 0 Å². The van der Waals surface area contributed by atoms with E-state index in [4.69, 9.17) is 4.42 Å². The third-order valence-electron chi connectivity index (χ3n) is 3.97. The molecule has 1 aromatic heterocycles. The number of rotatable bonds is 7. The molecule has 1 unspecified atom stereocenters. The first-order chi connectivity index (χ1) is 10.9. The smallest absolute Gasteiger partial charge is 0.220 e. The van der Waals surface area contributed by atoms with Crippen LogP contribution in [0.15, 0.2) is 47.1 Å². The van der Waals surface area contributed by atoms with Gasteiger partial charge in [0.05, 0.1) is 12.8 Å². The number of aliphatic hydroxyl groups is 1. The van der Waals surface area contributed by atoms with E-state index in [9.17, 15) is 9.90 Å². The van der Waals surface area contributed by atoms with Crippen LogP contribution >= 0.6 is 0 Å². The highest BCUT2D eigenvalue weighted by Gasteiger charge is 2.26. The summed E-state index contributed by atoms with van der Waals surface area (Å²) in [6.07, 6.45) is 2.59. The number of hydrogen-bond donors (Lipinski definition) is 2. The summed E-state index contributed by atoms with van der Waals surface area (Å²) in [5.74, 6) is 0.878. The summed E-state index contributed by atoms with van der Waals surface area (Å²) in [7, 11) is 0. The molecule has 124 valence electrons. The van der Waals surface area contributed by atoms with E-state index in [1.807, 2.05) is 0 Å². The molecule has 2 aromatic rings.